The van der Waals surface area contributed by atoms with E-state index < -0.39 is 0 Å². The molecule has 2 nitrogen and oxygen atoms in total. The molecule has 0 aliphatic heterocycles. The molecular weight excluding hydrogens is 308 g/mol. The third-order valence-corrected chi connectivity index (χ3v) is 3.96. The molecule has 1 aromatic carbocycles. The molecule has 0 aliphatic rings. The van der Waals surface area contributed by atoms with Crippen molar-refractivity contribution >= 4 is 27.3 Å². The highest BCUT2D eigenvalue weighted by Crippen LogP contribution is 2.27. The summed E-state index contributed by atoms with van der Waals surface area (Å²) in [6, 6.07) is 8.25. The van der Waals surface area contributed by atoms with Crippen LogP contribution in [-0.2, 0) is 6.54 Å². The fourth-order valence-electron chi connectivity index (χ4n) is 1.50. The molecule has 0 amide bonds. The Morgan fingerprint density at radius 2 is 2.11 bits per heavy atom. The summed E-state index contributed by atoms with van der Waals surface area (Å²) in [6.45, 7) is 7.38. The maximum absolute atomic E-state index is 4.49. The van der Waals surface area contributed by atoms with Gasteiger partial charge in [-0.15, -0.1) is 11.3 Å². The minimum Gasteiger partial charge on any atom is -0.307 e. The Hall–Kier alpha value is -0.710. The molecule has 0 radical (unpaired) electrons. The zero-order chi connectivity index (χ0) is 13.2. The largest absolute Gasteiger partial charge is 0.307 e. The average molecular weight is 325 g/mol. The second-order valence-corrected chi connectivity index (χ2v) is 7.28. The van der Waals surface area contributed by atoms with Gasteiger partial charge in [-0.05, 0) is 32.9 Å². The number of rotatable bonds is 3. The fourth-order valence-corrected chi connectivity index (χ4v) is 2.74. The van der Waals surface area contributed by atoms with Gasteiger partial charge < -0.3 is 5.32 Å². The predicted molar refractivity (Wildman–Crippen MR) is 81.8 cm³/mol. The topological polar surface area (TPSA) is 24.9 Å². The number of thiazole rings is 1. The van der Waals surface area contributed by atoms with Crippen LogP contribution in [0.25, 0.3) is 10.6 Å². The lowest BCUT2D eigenvalue weighted by atomic mass is 10.1. The monoisotopic (exact) mass is 324 g/mol. The smallest absolute Gasteiger partial charge is 0.123 e. The fraction of sp³-hybridized carbons (Fsp3) is 0.357. The zero-order valence-electron chi connectivity index (χ0n) is 10.8. The first-order valence-electron chi connectivity index (χ1n) is 5.90. The van der Waals surface area contributed by atoms with Crippen molar-refractivity contribution < 1.29 is 0 Å². The van der Waals surface area contributed by atoms with Crippen molar-refractivity contribution in [2.75, 3.05) is 0 Å². The number of hydrogen-bond donors (Lipinski definition) is 1. The summed E-state index contributed by atoms with van der Waals surface area (Å²) >= 11 is 5.23. The number of hydrogen-bond acceptors (Lipinski definition) is 3. The number of halogens is 1. The second kappa shape index (κ2) is 5.51. The van der Waals surface area contributed by atoms with Crippen molar-refractivity contribution in [2.45, 2.75) is 32.9 Å². The van der Waals surface area contributed by atoms with Gasteiger partial charge in [-0.1, -0.05) is 28.1 Å². The molecule has 0 bridgehead atoms. The summed E-state index contributed by atoms with van der Waals surface area (Å²) < 4.78 is 1.09. The summed E-state index contributed by atoms with van der Waals surface area (Å²) in [4.78, 5) is 5.75. The van der Waals surface area contributed by atoms with Crippen LogP contribution in [0, 0.1) is 0 Å². The summed E-state index contributed by atoms with van der Waals surface area (Å²) in [5.41, 5.74) is 1.30. The van der Waals surface area contributed by atoms with E-state index in [1.807, 2.05) is 18.3 Å². The van der Waals surface area contributed by atoms with Crippen LogP contribution < -0.4 is 5.32 Å². The molecule has 1 N–H and O–H groups in total. The molecule has 18 heavy (non-hydrogen) atoms. The van der Waals surface area contributed by atoms with E-state index in [0.717, 1.165) is 21.6 Å². The highest BCUT2D eigenvalue weighted by molar-refractivity contribution is 9.10. The van der Waals surface area contributed by atoms with E-state index in [1.165, 1.54) is 4.88 Å². The Morgan fingerprint density at radius 1 is 1.33 bits per heavy atom. The molecule has 96 valence electrons. The van der Waals surface area contributed by atoms with Crippen molar-refractivity contribution in [1.82, 2.24) is 10.3 Å². The van der Waals surface area contributed by atoms with E-state index in [1.54, 1.807) is 11.3 Å². The van der Waals surface area contributed by atoms with E-state index in [-0.39, 0.29) is 5.54 Å². The highest BCUT2D eigenvalue weighted by Gasteiger charge is 2.10. The minimum atomic E-state index is 0.139. The average Bonchev–Trinajstić information content (AvgIpc) is 2.74. The maximum atomic E-state index is 4.49. The van der Waals surface area contributed by atoms with Gasteiger partial charge in [0.15, 0.2) is 0 Å². The molecule has 0 unspecified atom stereocenters. The maximum Gasteiger partial charge on any atom is 0.123 e. The van der Waals surface area contributed by atoms with E-state index in [0.29, 0.717) is 0 Å². The van der Waals surface area contributed by atoms with Gasteiger partial charge in [-0.3, -0.25) is 0 Å². The van der Waals surface area contributed by atoms with Crippen molar-refractivity contribution in [3.8, 4) is 10.6 Å². The van der Waals surface area contributed by atoms with Gasteiger partial charge in [0.2, 0.25) is 0 Å². The van der Waals surface area contributed by atoms with Crippen molar-refractivity contribution in [3.63, 3.8) is 0 Å². The Bertz CT molecular complexity index is 529. The molecular formula is C14H17BrN2S. The van der Waals surface area contributed by atoms with Crippen LogP contribution in [0.15, 0.2) is 34.9 Å². The van der Waals surface area contributed by atoms with E-state index in [2.05, 4.69) is 59.1 Å². The first kappa shape index (κ1) is 13.7. The molecule has 0 atom stereocenters. The molecule has 4 heteroatoms. The van der Waals surface area contributed by atoms with Crippen LogP contribution in [-0.4, -0.2) is 10.5 Å². The first-order valence-corrected chi connectivity index (χ1v) is 7.51. The Morgan fingerprint density at radius 3 is 2.78 bits per heavy atom. The van der Waals surface area contributed by atoms with Gasteiger partial charge in [0.1, 0.15) is 5.01 Å². The molecule has 0 saturated carbocycles. The summed E-state index contributed by atoms with van der Waals surface area (Å²) in [5, 5.41) is 4.55. The molecule has 1 aromatic heterocycles. The summed E-state index contributed by atoms with van der Waals surface area (Å²) in [5.74, 6) is 0. The normalized spacial score (nSPS) is 11.8. The molecule has 2 aromatic rings. The Kier molecular flexibility index (Phi) is 4.20. The van der Waals surface area contributed by atoms with Gasteiger partial charge in [0, 0.05) is 33.2 Å². The molecule has 0 saturated heterocycles. The predicted octanol–water partition coefficient (Wildman–Crippen LogP) is 4.46. The van der Waals surface area contributed by atoms with Gasteiger partial charge in [-0.25, -0.2) is 4.98 Å². The van der Waals surface area contributed by atoms with Crippen LogP contribution in [0.2, 0.25) is 0 Å². The summed E-state index contributed by atoms with van der Waals surface area (Å²) in [7, 11) is 0. The van der Waals surface area contributed by atoms with Crippen LogP contribution in [0.3, 0.4) is 0 Å². The van der Waals surface area contributed by atoms with Gasteiger partial charge >= 0.3 is 0 Å². The van der Waals surface area contributed by atoms with E-state index in [9.17, 15) is 0 Å². The SMILES string of the molecule is CC(C)(C)NCc1cnc(-c2cccc(Br)c2)s1. The second-order valence-electron chi connectivity index (χ2n) is 5.25. The lowest BCUT2D eigenvalue weighted by Crippen LogP contribution is -2.34. The van der Waals surface area contributed by atoms with Crippen molar-refractivity contribution in [3.05, 3.63) is 39.8 Å². The van der Waals surface area contributed by atoms with Gasteiger partial charge in [0.25, 0.3) is 0 Å². The lowest BCUT2D eigenvalue weighted by Gasteiger charge is -2.19. The number of nitrogens with one attached hydrogen (secondary N) is 1. The van der Waals surface area contributed by atoms with Crippen LogP contribution in [0.1, 0.15) is 25.6 Å². The summed E-state index contributed by atoms with van der Waals surface area (Å²) in [6.07, 6.45) is 1.96. The molecule has 2 rings (SSSR count). The molecule has 0 spiro atoms. The standard InChI is InChI=1S/C14H17BrN2S/c1-14(2,3)17-9-12-8-16-13(18-12)10-5-4-6-11(15)7-10/h4-8,17H,9H2,1-3H3. The van der Waals surface area contributed by atoms with E-state index in [4.69, 9.17) is 0 Å². The zero-order valence-corrected chi connectivity index (χ0v) is 13.2. The number of aromatic nitrogens is 1. The van der Waals surface area contributed by atoms with Gasteiger partial charge in [0.05, 0.1) is 0 Å². The molecule has 0 fully saturated rings. The van der Waals surface area contributed by atoms with Crippen LogP contribution in [0.5, 0.6) is 0 Å². The first-order chi connectivity index (χ1) is 8.44. The van der Waals surface area contributed by atoms with Crippen molar-refractivity contribution in [1.29, 1.82) is 0 Å². The quantitative estimate of drug-likeness (QED) is 0.901. The molecule has 1 heterocycles. The third-order valence-electron chi connectivity index (χ3n) is 2.42. The molecule has 0 aliphatic carbocycles. The Balaban J connectivity index is 2.11. The highest BCUT2D eigenvalue weighted by atomic mass is 79.9. The number of benzene rings is 1. The minimum absolute atomic E-state index is 0.139. The van der Waals surface area contributed by atoms with Crippen LogP contribution in [0.4, 0.5) is 0 Å². The van der Waals surface area contributed by atoms with Gasteiger partial charge in [-0.2, -0.15) is 0 Å². The van der Waals surface area contributed by atoms with Crippen LogP contribution >= 0.6 is 27.3 Å². The third kappa shape index (κ3) is 3.90. The Labute approximate surface area is 121 Å². The van der Waals surface area contributed by atoms with E-state index >= 15 is 0 Å². The lowest BCUT2D eigenvalue weighted by molar-refractivity contribution is 0.426. The number of nitrogens with zero attached hydrogens (tertiary/aromatic N) is 1. The van der Waals surface area contributed by atoms with Crippen molar-refractivity contribution in [2.24, 2.45) is 0 Å².